The fourth-order valence-electron chi connectivity index (χ4n) is 3.85. The Morgan fingerprint density at radius 3 is 2.48 bits per heavy atom. The van der Waals surface area contributed by atoms with Gasteiger partial charge in [-0.3, -0.25) is 9.69 Å². The van der Waals surface area contributed by atoms with Crippen LogP contribution < -0.4 is 5.32 Å². The summed E-state index contributed by atoms with van der Waals surface area (Å²) in [5, 5.41) is 3.36. The van der Waals surface area contributed by atoms with Gasteiger partial charge in [-0.15, -0.1) is 24.8 Å². The van der Waals surface area contributed by atoms with Gasteiger partial charge < -0.3 is 10.2 Å². The maximum Gasteiger partial charge on any atom is 0.222 e. The number of hydrogen-bond acceptors (Lipinski definition) is 3. The topological polar surface area (TPSA) is 35.6 Å². The Bertz CT molecular complexity index is 318. The van der Waals surface area contributed by atoms with Gasteiger partial charge in [0, 0.05) is 25.6 Å². The zero-order valence-corrected chi connectivity index (χ0v) is 14.4. The summed E-state index contributed by atoms with van der Waals surface area (Å²) < 4.78 is 0. The molecule has 0 aromatic heterocycles. The van der Waals surface area contributed by atoms with E-state index >= 15 is 0 Å². The minimum Gasteiger partial charge on any atom is -0.341 e. The first-order valence-corrected chi connectivity index (χ1v) is 8.05. The zero-order valence-electron chi connectivity index (χ0n) is 12.8. The van der Waals surface area contributed by atoms with E-state index < -0.39 is 0 Å². The number of nitrogens with zero attached hydrogens (tertiary/aromatic N) is 2. The first-order chi connectivity index (χ1) is 9.33. The molecule has 124 valence electrons. The molecule has 3 heterocycles. The van der Waals surface area contributed by atoms with Gasteiger partial charge in [-0.2, -0.15) is 0 Å². The van der Waals surface area contributed by atoms with Crippen molar-refractivity contribution < 1.29 is 4.79 Å². The molecule has 21 heavy (non-hydrogen) atoms. The lowest BCUT2D eigenvalue weighted by atomic mass is 10.0. The van der Waals surface area contributed by atoms with E-state index in [4.69, 9.17) is 0 Å². The fraction of sp³-hybridized carbons (Fsp3) is 0.933. The highest BCUT2D eigenvalue weighted by molar-refractivity contribution is 5.85. The Balaban J connectivity index is 0.00000110. The molecule has 4 nitrogen and oxygen atoms in total. The number of carbonyl (C=O) groups excluding carboxylic acids is 1. The number of rotatable bonds is 3. The molecule has 0 aliphatic carbocycles. The van der Waals surface area contributed by atoms with Crippen LogP contribution >= 0.6 is 24.8 Å². The molecular formula is C15H29Cl2N3O. The molecule has 1 amide bonds. The van der Waals surface area contributed by atoms with Gasteiger partial charge in [-0.25, -0.2) is 0 Å². The van der Waals surface area contributed by atoms with Crippen LogP contribution in [0, 0.1) is 5.92 Å². The van der Waals surface area contributed by atoms with E-state index in [0.29, 0.717) is 17.9 Å². The summed E-state index contributed by atoms with van der Waals surface area (Å²) in [6.07, 6.45) is 7.11. The third-order valence-electron chi connectivity index (χ3n) is 5.03. The number of hydrogen-bond donors (Lipinski definition) is 1. The third-order valence-corrected chi connectivity index (χ3v) is 5.03. The van der Waals surface area contributed by atoms with Crippen LogP contribution in [0.25, 0.3) is 0 Å². The molecule has 0 aromatic carbocycles. The monoisotopic (exact) mass is 337 g/mol. The van der Waals surface area contributed by atoms with E-state index in [0.717, 1.165) is 32.6 Å². The second-order valence-corrected chi connectivity index (χ2v) is 6.44. The normalized spacial score (nSPS) is 29.8. The first-order valence-electron chi connectivity index (χ1n) is 8.05. The maximum atomic E-state index is 12.4. The van der Waals surface area contributed by atoms with E-state index in [1.165, 1.54) is 45.2 Å². The average molecular weight is 338 g/mol. The van der Waals surface area contributed by atoms with Crippen LogP contribution in [0.4, 0.5) is 0 Å². The Labute approximate surface area is 140 Å². The SMILES string of the molecule is Cl.Cl.O=C(CC1CCNC1)N1CCCC(N2CCCC2)C1. The van der Waals surface area contributed by atoms with Crippen molar-refractivity contribution in [1.29, 1.82) is 0 Å². The summed E-state index contributed by atoms with van der Waals surface area (Å²) in [5.74, 6) is 0.984. The van der Waals surface area contributed by atoms with E-state index in [1.807, 2.05) is 0 Å². The summed E-state index contributed by atoms with van der Waals surface area (Å²) in [5.41, 5.74) is 0. The third kappa shape index (κ3) is 4.98. The predicted molar refractivity (Wildman–Crippen MR) is 90.5 cm³/mol. The van der Waals surface area contributed by atoms with Gasteiger partial charge in [-0.1, -0.05) is 0 Å². The van der Waals surface area contributed by atoms with Gasteiger partial charge in [-0.05, 0) is 64.2 Å². The van der Waals surface area contributed by atoms with Crippen molar-refractivity contribution in [3.8, 4) is 0 Å². The van der Waals surface area contributed by atoms with Crippen LogP contribution in [0.5, 0.6) is 0 Å². The first kappa shape index (κ1) is 19.0. The van der Waals surface area contributed by atoms with Crippen LogP contribution in [0.1, 0.15) is 38.5 Å². The Morgan fingerprint density at radius 1 is 1.05 bits per heavy atom. The molecule has 3 rings (SSSR count). The highest BCUT2D eigenvalue weighted by Gasteiger charge is 2.30. The van der Waals surface area contributed by atoms with Crippen molar-refractivity contribution in [3.05, 3.63) is 0 Å². The Hall–Kier alpha value is -0.0300. The van der Waals surface area contributed by atoms with Gasteiger partial charge in [0.15, 0.2) is 0 Å². The second-order valence-electron chi connectivity index (χ2n) is 6.44. The highest BCUT2D eigenvalue weighted by atomic mass is 35.5. The van der Waals surface area contributed by atoms with E-state index in [9.17, 15) is 4.79 Å². The van der Waals surface area contributed by atoms with Gasteiger partial charge in [0.2, 0.25) is 5.91 Å². The molecule has 0 spiro atoms. The number of likely N-dealkylation sites (tertiary alicyclic amines) is 2. The molecular weight excluding hydrogens is 309 g/mol. The summed E-state index contributed by atoms with van der Waals surface area (Å²) >= 11 is 0. The zero-order chi connectivity index (χ0) is 13.1. The molecule has 3 saturated heterocycles. The molecule has 0 saturated carbocycles. The lowest BCUT2D eigenvalue weighted by molar-refractivity contribution is -0.134. The van der Waals surface area contributed by atoms with Gasteiger partial charge >= 0.3 is 0 Å². The van der Waals surface area contributed by atoms with Crippen LogP contribution in [-0.4, -0.2) is 61.0 Å². The Kier molecular flexibility index (Phi) is 8.32. The van der Waals surface area contributed by atoms with E-state index in [-0.39, 0.29) is 24.8 Å². The largest absolute Gasteiger partial charge is 0.341 e. The molecule has 0 aromatic rings. The van der Waals surface area contributed by atoms with Crippen molar-refractivity contribution in [1.82, 2.24) is 15.1 Å². The van der Waals surface area contributed by atoms with E-state index in [1.54, 1.807) is 0 Å². The predicted octanol–water partition coefficient (Wildman–Crippen LogP) is 1.92. The summed E-state index contributed by atoms with van der Waals surface area (Å²) in [4.78, 5) is 17.1. The fourth-order valence-corrected chi connectivity index (χ4v) is 3.85. The molecule has 2 unspecified atom stereocenters. The number of piperidine rings is 1. The van der Waals surface area contributed by atoms with Crippen molar-refractivity contribution in [2.24, 2.45) is 5.92 Å². The van der Waals surface area contributed by atoms with Crippen LogP contribution in [0.15, 0.2) is 0 Å². The maximum absolute atomic E-state index is 12.4. The average Bonchev–Trinajstić information content (AvgIpc) is 3.12. The molecule has 3 aliphatic rings. The minimum absolute atomic E-state index is 0. The molecule has 6 heteroatoms. The number of nitrogens with one attached hydrogen (secondary N) is 1. The Morgan fingerprint density at radius 2 is 1.81 bits per heavy atom. The second kappa shape index (κ2) is 9.19. The summed E-state index contributed by atoms with van der Waals surface area (Å²) in [7, 11) is 0. The molecule has 0 bridgehead atoms. The standard InChI is InChI=1S/C15H27N3O.2ClH/c19-15(10-13-5-6-16-11-13)18-9-3-4-14(12-18)17-7-1-2-8-17;;/h13-14,16H,1-12H2;2*1H. The number of amides is 1. The minimum atomic E-state index is 0. The summed E-state index contributed by atoms with van der Waals surface area (Å²) in [6, 6.07) is 0.641. The quantitative estimate of drug-likeness (QED) is 0.854. The van der Waals surface area contributed by atoms with Crippen LogP contribution in [0.3, 0.4) is 0 Å². The number of halogens is 2. The van der Waals surface area contributed by atoms with Crippen molar-refractivity contribution in [3.63, 3.8) is 0 Å². The number of carbonyl (C=O) groups is 1. The van der Waals surface area contributed by atoms with Crippen molar-refractivity contribution >= 4 is 30.7 Å². The van der Waals surface area contributed by atoms with Crippen molar-refractivity contribution in [2.75, 3.05) is 39.3 Å². The molecule has 3 aliphatic heterocycles. The molecule has 2 atom stereocenters. The van der Waals surface area contributed by atoms with Crippen LogP contribution in [0.2, 0.25) is 0 Å². The molecule has 1 N–H and O–H groups in total. The molecule has 0 radical (unpaired) electrons. The molecule has 3 fully saturated rings. The highest BCUT2D eigenvalue weighted by Crippen LogP contribution is 2.22. The van der Waals surface area contributed by atoms with Crippen molar-refractivity contribution in [2.45, 2.75) is 44.6 Å². The summed E-state index contributed by atoms with van der Waals surface area (Å²) in [6.45, 7) is 6.60. The van der Waals surface area contributed by atoms with Gasteiger partial charge in [0.1, 0.15) is 0 Å². The van der Waals surface area contributed by atoms with Gasteiger partial charge in [0.25, 0.3) is 0 Å². The van der Waals surface area contributed by atoms with Gasteiger partial charge in [0.05, 0.1) is 0 Å². The lowest BCUT2D eigenvalue weighted by Crippen LogP contribution is -2.49. The van der Waals surface area contributed by atoms with E-state index in [2.05, 4.69) is 15.1 Å². The van der Waals surface area contributed by atoms with Crippen LogP contribution in [-0.2, 0) is 4.79 Å². The smallest absolute Gasteiger partial charge is 0.222 e. The lowest BCUT2D eigenvalue weighted by Gasteiger charge is -2.38.